The van der Waals surface area contributed by atoms with Gasteiger partial charge in [-0.2, -0.15) is 5.10 Å². The van der Waals surface area contributed by atoms with Gasteiger partial charge in [0.15, 0.2) is 11.5 Å². The normalized spacial score (nSPS) is 11.0. The highest BCUT2D eigenvalue weighted by molar-refractivity contribution is 7.15. The van der Waals surface area contributed by atoms with Crippen LogP contribution in [0, 0.1) is 0 Å². The standard InChI is InChI=1S/C31H27N5O4S/c1-2-39-27-17-21(15-16-26(27)40-20-24-13-8-12-22-9-6-7-14-25(22)24)19-32-34-28(37)18-29-35-36-31(41-29)33-30(38)23-10-4-3-5-11-23/h3-17,19H,2,18,20H2,1H3,(H,34,37)(H,33,36,38)/b32-19+. The summed E-state index contributed by atoms with van der Waals surface area (Å²) in [6, 6.07) is 28.6. The lowest BCUT2D eigenvalue weighted by molar-refractivity contribution is -0.120. The van der Waals surface area contributed by atoms with Gasteiger partial charge in [-0.1, -0.05) is 72.0 Å². The lowest BCUT2D eigenvalue weighted by Gasteiger charge is -2.13. The number of fused-ring (bicyclic) bond motifs is 1. The van der Waals surface area contributed by atoms with Gasteiger partial charge in [-0.25, -0.2) is 5.43 Å². The largest absolute Gasteiger partial charge is 0.490 e. The Morgan fingerprint density at radius 3 is 2.56 bits per heavy atom. The minimum Gasteiger partial charge on any atom is -0.490 e. The molecule has 1 heterocycles. The summed E-state index contributed by atoms with van der Waals surface area (Å²) in [5, 5.41) is 17.7. The fraction of sp³-hybridized carbons (Fsp3) is 0.129. The number of benzene rings is 4. The quantitative estimate of drug-likeness (QED) is 0.159. The fourth-order valence-electron chi connectivity index (χ4n) is 4.06. The molecule has 0 aliphatic heterocycles. The molecule has 0 unspecified atom stereocenters. The van der Waals surface area contributed by atoms with E-state index in [1.165, 1.54) is 6.21 Å². The molecule has 2 N–H and O–H groups in total. The number of nitrogens with one attached hydrogen (secondary N) is 2. The minimum absolute atomic E-state index is 0.0264. The predicted molar refractivity (Wildman–Crippen MR) is 160 cm³/mol. The second-order valence-corrected chi connectivity index (χ2v) is 9.92. The van der Waals surface area contributed by atoms with Gasteiger partial charge in [0.2, 0.25) is 11.0 Å². The van der Waals surface area contributed by atoms with Gasteiger partial charge >= 0.3 is 0 Å². The van der Waals surface area contributed by atoms with Crippen molar-refractivity contribution in [2.45, 2.75) is 20.0 Å². The van der Waals surface area contributed by atoms with Crippen molar-refractivity contribution in [1.29, 1.82) is 0 Å². The Labute approximate surface area is 240 Å². The number of rotatable bonds is 11. The monoisotopic (exact) mass is 565 g/mol. The van der Waals surface area contributed by atoms with Crippen molar-refractivity contribution in [1.82, 2.24) is 15.6 Å². The van der Waals surface area contributed by atoms with E-state index < -0.39 is 0 Å². The fourth-order valence-corrected chi connectivity index (χ4v) is 4.79. The molecule has 0 atom stereocenters. The Hall–Kier alpha value is -5.09. The lowest BCUT2D eigenvalue weighted by Crippen LogP contribution is -2.19. The summed E-state index contributed by atoms with van der Waals surface area (Å²) < 4.78 is 11.9. The van der Waals surface area contributed by atoms with E-state index in [2.05, 4.69) is 50.3 Å². The number of ether oxygens (including phenoxy) is 2. The number of hydrogen-bond acceptors (Lipinski definition) is 8. The van der Waals surface area contributed by atoms with Crippen LogP contribution < -0.4 is 20.2 Å². The van der Waals surface area contributed by atoms with Gasteiger partial charge in [0.1, 0.15) is 11.6 Å². The molecule has 0 bridgehead atoms. The van der Waals surface area contributed by atoms with Crippen molar-refractivity contribution in [2.75, 3.05) is 11.9 Å². The smallest absolute Gasteiger partial charge is 0.257 e. The average Bonchev–Trinajstić information content (AvgIpc) is 3.43. The van der Waals surface area contributed by atoms with Crippen LogP contribution in [0.15, 0.2) is 96.1 Å². The van der Waals surface area contributed by atoms with E-state index in [1.54, 1.807) is 24.3 Å². The van der Waals surface area contributed by atoms with Gasteiger partial charge in [-0.3, -0.25) is 14.9 Å². The zero-order valence-corrected chi connectivity index (χ0v) is 23.1. The molecule has 0 spiro atoms. The summed E-state index contributed by atoms with van der Waals surface area (Å²) in [5.41, 5.74) is 4.82. The summed E-state index contributed by atoms with van der Waals surface area (Å²) >= 11 is 1.13. The summed E-state index contributed by atoms with van der Waals surface area (Å²) in [5.74, 6) is 0.548. The van der Waals surface area contributed by atoms with Crippen LogP contribution in [0.4, 0.5) is 5.13 Å². The molecule has 0 aliphatic carbocycles. The first kappa shape index (κ1) is 27.5. The molecule has 2 amide bonds. The Kier molecular flexibility index (Phi) is 8.92. The summed E-state index contributed by atoms with van der Waals surface area (Å²) in [6.07, 6.45) is 1.50. The summed E-state index contributed by atoms with van der Waals surface area (Å²) in [7, 11) is 0. The van der Waals surface area contributed by atoms with E-state index in [9.17, 15) is 9.59 Å². The molecular formula is C31H27N5O4S. The van der Waals surface area contributed by atoms with E-state index in [1.807, 2.05) is 49.4 Å². The third kappa shape index (κ3) is 7.31. The number of carbonyl (C=O) groups is 2. The topological polar surface area (TPSA) is 115 Å². The Bertz CT molecular complexity index is 1680. The Morgan fingerprint density at radius 2 is 1.71 bits per heavy atom. The predicted octanol–water partition coefficient (Wildman–Crippen LogP) is 5.61. The lowest BCUT2D eigenvalue weighted by atomic mass is 10.1. The molecule has 206 valence electrons. The van der Waals surface area contributed by atoms with Crippen LogP contribution in [0.3, 0.4) is 0 Å². The van der Waals surface area contributed by atoms with Gasteiger partial charge in [-0.05, 0) is 59.2 Å². The van der Waals surface area contributed by atoms with Crippen molar-refractivity contribution in [3.8, 4) is 11.5 Å². The molecule has 0 saturated carbocycles. The summed E-state index contributed by atoms with van der Waals surface area (Å²) in [6.45, 7) is 2.77. The van der Waals surface area contributed by atoms with E-state index in [4.69, 9.17) is 9.47 Å². The van der Waals surface area contributed by atoms with Crippen molar-refractivity contribution in [3.05, 3.63) is 113 Å². The molecule has 4 aromatic carbocycles. The van der Waals surface area contributed by atoms with Gasteiger partial charge in [0.05, 0.1) is 19.2 Å². The van der Waals surface area contributed by atoms with E-state index >= 15 is 0 Å². The third-order valence-electron chi connectivity index (χ3n) is 5.97. The van der Waals surface area contributed by atoms with Crippen molar-refractivity contribution in [2.24, 2.45) is 5.10 Å². The molecular weight excluding hydrogens is 538 g/mol. The van der Waals surface area contributed by atoms with Crippen LogP contribution >= 0.6 is 11.3 Å². The maximum absolute atomic E-state index is 12.4. The van der Waals surface area contributed by atoms with Crippen LogP contribution in [0.2, 0.25) is 0 Å². The van der Waals surface area contributed by atoms with Crippen LogP contribution in [0.1, 0.15) is 33.4 Å². The van der Waals surface area contributed by atoms with Crippen molar-refractivity contribution < 1.29 is 19.1 Å². The second kappa shape index (κ2) is 13.3. The van der Waals surface area contributed by atoms with E-state index in [-0.39, 0.29) is 18.2 Å². The van der Waals surface area contributed by atoms with Gasteiger partial charge in [0, 0.05) is 5.56 Å². The van der Waals surface area contributed by atoms with Crippen LogP contribution in [-0.4, -0.2) is 34.8 Å². The Morgan fingerprint density at radius 1 is 0.902 bits per heavy atom. The molecule has 5 rings (SSSR count). The molecule has 41 heavy (non-hydrogen) atoms. The van der Waals surface area contributed by atoms with Crippen molar-refractivity contribution >= 4 is 45.3 Å². The van der Waals surface area contributed by atoms with Crippen LogP contribution in [-0.2, 0) is 17.8 Å². The highest BCUT2D eigenvalue weighted by atomic mass is 32.1. The SMILES string of the molecule is CCOc1cc(/C=N/NC(=O)Cc2nnc(NC(=O)c3ccccc3)s2)ccc1OCc1cccc2ccccc12. The van der Waals surface area contributed by atoms with Crippen molar-refractivity contribution in [3.63, 3.8) is 0 Å². The molecule has 0 aliphatic rings. The van der Waals surface area contributed by atoms with Gasteiger partial charge in [0.25, 0.3) is 5.91 Å². The van der Waals surface area contributed by atoms with Gasteiger partial charge < -0.3 is 9.47 Å². The number of nitrogens with zero attached hydrogens (tertiary/aromatic N) is 3. The zero-order valence-electron chi connectivity index (χ0n) is 22.2. The first-order chi connectivity index (χ1) is 20.1. The second-order valence-electron chi connectivity index (χ2n) is 8.86. The zero-order chi connectivity index (χ0) is 28.4. The van der Waals surface area contributed by atoms with Crippen LogP contribution in [0.25, 0.3) is 10.8 Å². The number of hydrogen-bond donors (Lipinski definition) is 2. The number of aromatic nitrogens is 2. The number of anilines is 1. The molecule has 9 nitrogen and oxygen atoms in total. The first-order valence-corrected chi connectivity index (χ1v) is 13.8. The molecule has 0 fully saturated rings. The number of amides is 2. The highest BCUT2D eigenvalue weighted by Crippen LogP contribution is 2.30. The van der Waals surface area contributed by atoms with Crippen LogP contribution in [0.5, 0.6) is 11.5 Å². The van der Waals surface area contributed by atoms with Gasteiger partial charge in [-0.15, -0.1) is 10.2 Å². The maximum atomic E-state index is 12.4. The minimum atomic E-state index is -0.363. The molecule has 0 radical (unpaired) electrons. The number of carbonyl (C=O) groups excluding carboxylic acids is 2. The van der Waals surface area contributed by atoms with E-state index in [0.29, 0.717) is 40.4 Å². The average molecular weight is 566 g/mol. The maximum Gasteiger partial charge on any atom is 0.257 e. The third-order valence-corrected chi connectivity index (χ3v) is 6.81. The highest BCUT2D eigenvalue weighted by Gasteiger charge is 2.13. The number of hydrazone groups is 1. The summed E-state index contributed by atoms with van der Waals surface area (Å²) in [4.78, 5) is 24.6. The molecule has 0 saturated heterocycles. The Balaban J connectivity index is 1.16. The first-order valence-electron chi connectivity index (χ1n) is 13.0. The molecule has 1 aromatic heterocycles. The molecule has 5 aromatic rings. The molecule has 10 heteroatoms. The van der Waals surface area contributed by atoms with E-state index in [0.717, 1.165) is 33.2 Å².